The Labute approximate surface area is 90.0 Å². The monoisotopic (exact) mass is 205 g/mol. The molecule has 1 nitrogen and oxygen atoms in total. The van der Waals surface area contributed by atoms with E-state index in [-0.39, 0.29) is 5.82 Å². The Morgan fingerprint density at radius 2 is 1.73 bits per heavy atom. The van der Waals surface area contributed by atoms with Crippen molar-refractivity contribution in [3.8, 4) is 0 Å². The average molecular weight is 205 g/mol. The minimum Gasteiger partial charge on any atom is -0.382 e. The van der Waals surface area contributed by atoms with Crippen LogP contribution in [0.3, 0.4) is 0 Å². The predicted molar refractivity (Wildman–Crippen MR) is 61.4 cm³/mol. The molecule has 1 fully saturated rings. The lowest BCUT2D eigenvalue weighted by Gasteiger charge is -2.25. The van der Waals surface area contributed by atoms with Crippen LogP contribution < -0.4 is 5.32 Å². The van der Waals surface area contributed by atoms with Crippen LogP contribution in [0.4, 0.5) is 10.1 Å². The minimum atomic E-state index is -0.183. The first-order valence-electron chi connectivity index (χ1n) is 5.43. The highest BCUT2D eigenvalue weighted by atomic mass is 19.1. The Bertz CT molecular complexity index is 332. The molecule has 1 aromatic rings. The van der Waals surface area contributed by atoms with Gasteiger partial charge in [0.05, 0.1) is 0 Å². The maximum atomic E-state index is 12.7. The SMILES string of the molecule is C=C1CCC(Nc2ccc(F)cc2)CC1. The Hall–Kier alpha value is -1.31. The van der Waals surface area contributed by atoms with Crippen molar-refractivity contribution in [3.63, 3.8) is 0 Å². The van der Waals surface area contributed by atoms with Gasteiger partial charge >= 0.3 is 0 Å². The lowest BCUT2D eigenvalue weighted by atomic mass is 9.92. The van der Waals surface area contributed by atoms with Crippen molar-refractivity contribution in [2.45, 2.75) is 31.7 Å². The van der Waals surface area contributed by atoms with E-state index >= 15 is 0 Å². The molecule has 0 atom stereocenters. The Kier molecular flexibility index (Phi) is 3.05. The van der Waals surface area contributed by atoms with Crippen molar-refractivity contribution in [1.29, 1.82) is 0 Å². The number of rotatable bonds is 2. The van der Waals surface area contributed by atoms with Crippen molar-refractivity contribution < 1.29 is 4.39 Å². The first kappa shape index (κ1) is 10.2. The number of halogens is 1. The van der Waals surface area contributed by atoms with Gasteiger partial charge in [0.15, 0.2) is 0 Å². The fourth-order valence-electron chi connectivity index (χ4n) is 1.95. The summed E-state index contributed by atoms with van der Waals surface area (Å²) < 4.78 is 12.7. The van der Waals surface area contributed by atoms with Gasteiger partial charge in [-0.05, 0) is 49.9 Å². The molecule has 0 unspecified atom stereocenters. The lowest BCUT2D eigenvalue weighted by molar-refractivity contribution is 0.541. The molecule has 0 radical (unpaired) electrons. The smallest absolute Gasteiger partial charge is 0.123 e. The van der Waals surface area contributed by atoms with E-state index in [1.807, 2.05) is 0 Å². The van der Waals surface area contributed by atoms with E-state index in [2.05, 4.69) is 11.9 Å². The summed E-state index contributed by atoms with van der Waals surface area (Å²) in [6, 6.07) is 7.08. The second kappa shape index (κ2) is 4.47. The molecule has 0 bridgehead atoms. The number of allylic oxidation sites excluding steroid dienone is 1. The van der Waals surface area contributed by atoms with E-state index in [0.717, 1.165) is 31.4 Å². The molecular weight excluding hydrogens is 189 g/mol. The van der Waals surface area contributed by atoms with E-state index in [1.54, 1.807) is 12.1 Å². The van der Waals surface area contributed by atoms with Crippen molar-refractivity contribution in [2.75, 3.05) is 5.32 Å². The zero-order valence-corrected chi connectivity index (χ0v) is 8.80. The highest BCUT2D eigenvalue weighted by Gasteiger charge is 2.14. The maximum Gasteiger partial charge on any atom is 0.123 e. The van der Waals surface area contributed by atoms with Crippen LogP contribution in [0.1, 0.15) is 25.7 Å². The summed E-state index contributed by atoms with van der Waals surface area (Å²) in [6.07, 6.45) is 4.49. The van der Waals surface area contributed by atoms with Crippen LogP contribution in [-0.2, 0) is 0 Å². The molecule has 0 heterocycles. The fraction of sp³-hybridized carbons (Fsp3) is 0.385. The molecule has 0 aromatic heterocycles. The summed E-state index contributed by atoms with van der Waals surface area (Å²) in [6.45, 7) is 3.99. The number of nitrogens with one attached hydrogen (secondary N) is 1. The van der Waals surface area contributed by atoms with Gasteiger partial charge in [-0.15, -0.1) is 0 Å². The first-order valence-corrected chi connectivity index (χ1v) is 5.43. The van der Waals surface area contributed by atoms with Crippen molar-refractivity contribution in [2.24, 2.45) is 0 Å². The van der Waals surface area contributed by atoms with Crippen molar-refractivity contribution >= 4 is 5.69 Å². The summed E-state index contributed by atoms with van der Waals surface area (Å²) in [5, 5.41) is 3.42. The second-order valence-electron chi connectivity index (χ2n) is 4.18. The van der Waals surface area contributed by atoms with Crippen LogP contribution in [0.2, 0.25) is 0 Å². The van der Waals surface area contributed by atoms with Crippen LogP contribution in [0.5, 0.6) is 0 Å². The molecule has 15 heavy (non-hydrogen) atoms. The van der Waals surface area contributed by atoms with E-state index in [1.165, 1.54) is 17.7 Å². The maximum absolute atomic E-state index is 12.7. The predicted octanol–water partition coefficient (Wildman–Crippen LogP) is 3.74. The largest absolute Gasteiger partial charge is 0.382 e. The molecule has 0 spiro atoms. The lowest BCUT2D eigenvalue weighted by Crippen LogP contribution is -2.22. The molecule has 2 rings (SSSR count). The Balaban J connectivity index is 1.91. The van der Waals surface area contributed by atoms with Crippen LogP contribution in [-0.4, -0.2) is 6.04 Å². The highest BCUT2D eigenvalue weighted by Crippen LogP contribution is 2.24. The summed E-state index contributed by atoms with van der Waals surface area (Å²) in [7, 11) is 0. The van der Waals surface area contributed by atoms with Crippen LogP contribution >= 0.6 is 0 Å². The first-order chi connectivity index (χ1) is 7.24. The average Bonchev–Trinajstić information content (AvgIpc) is 2.25. The molecule has 0 aliphatic heterocycles. The summed E-state index contributed by atoms with van der Waals surface area (Å²) in [5.74, 6) is -0.183. The standard InChI is InChI=1S/C13H16FN/c1-10-2-6-12(7-3-10)15-13-8-4-11(14)5-9-13/h4-5,8-9,12,15H,1-3,6-7H2. The second-order valence-corrected chi connectivity index (χ2v) is 4.18. The zero-order chi connectivity index (χ0) is 10.7. The normalized spacial score (nSPS) is 17.8. The van der Waals surface area contributed by atoms with Crippen LogP contribution in [0.25, 0.3) is 0 Å². The van der Waals surface area contributed by atoms with Gasteiger partial charge in [-0.2, -0.15) is 0 Å². The molecule has 0 saturated heterocycles. The molecule has 1 aliphatic carbocycles. The van der Waals surface area contributed by atoms with Gasteiger partial charge in [-0.25, -0.2) is 4.39 Å². The third-order valence-electron chi connectivity index (χ3n) is 2.91. The molecule has 1 aromatic carbocycles. The van der Waals surface area contributed by atoms with Crippen LogP contribution in [0.15, 0.2) is 36.4 Å². The number of hydrogen-bond acceptors (Lipinski definition) is 1. The van der Waals surface area contributed by atoms with E-state index < -0.39 is 0 Å². The third kappa shape index (κ3) is 2.82. The van der Waals surface area contributed by atoms with Crippen molar-refractivity contribution in [3.05, 3.63) is 42.2 Å². The van der Waals surface area contributed by atoms with E-state index in [0.29, 0.717) is 6.04 Å². The number of anilines is 1. The van der Waals surface area contributed by atoms with Crippen LogP contribution in [0, 0.1) is 5.82 Å². The Morgan fingerprint density at radius 1 is 1.13 bits per heavy atom. The quantitative estimate of drug-likeness (QED) is 0.725. The molecule has 1 N–H and O–H groups in total. The molecule has 2 heteroatoms. The van der Waals surface area contributed by atoms with Gasteiger partial charge in [0.1, 0.15) is 5.82 Å². The van der Waals surface area contributed by atoms with Gasteiger partial charge in [-0.1, -0.05) is 12.2 Å². The highest BCUT2D eigenvalue weighted by molar-refractivity contribution is 5.43. The summed E-state index contributed by atoms with van der Waals surface area (Å²) in [5.41, 5.74) is 2.36. The molecular formula is C13H16FN. The van der Waals surface area contributed by atoms with Gasteiger partial charge in [-0.3, -0.25) is 0 Å². The summed E-state index contributed by atoms with van der Waals surface area (Å²) in [4.78, 5) is 0. The topological polar surface area (TPSA) is 12.0 Å². The van der Waals surface area contributed by atoms with Crippen molar-refractivity contribution in [1.82, 2.24) is 0 Å². The zero-order valence-electron chi connectivity index (χ0n) is 8.80. The third-order valence-corrected chi connectivity index (χ3v) is 2.91. The van der Waals surface area contributed by atoms with E-state index in [9.17, 15) is 4.39 Å². The number of benzene rings is 1. The van der Waals surface area contributed by atoms with Gasteiger partial charge < -0.3 is 5.32 Å². The summed E-state index contributed by atoms with van der Waals surface area (Å²) >= 11 is 0. The minimum absolute atomic E-state index is 0.183. The Morgan fingerprint density at radius 3 is 2.33 bits per heavy atom. The number of hydrogen-bond donors (Lipinski definition) is 1. The molecule has 0 amide bonds. The molecule has 80 valence electrons. The fourth-order valence-corrected chi connectivity index (χ4v) is 1.95. The van der Waals surface area contributed by atoms with Gasteiger partial charge in [0.25, 0.3) is 0 Å². The van der Waals surface area contributed by atoms with Gasteiger partial charge in [0, 0.05) is 11.7 Å². The van der Waals surface area contributed by atoms with Gasteiger partial charge in [0.2, 0.25) is 0 Å². The molecule has 1 aliphatic rings. The molecule has 1 saturated carbocycles. The van der Waals surface area contributed by atoms with E-state index in [4.69, 9.17) is 0 Å².